The van der Waals surface area contributed by atoms with Gasteiger partial charge in [-0.2, -0.15) is 0 Å². The zero-order valence-corrected chi connectivity index (χ0v) is 13.8. The molecule has 1 aromatic heterocycles. The van der Waals surface area contributed by atoms with Crippen molar-refractivity contribution in [2.24, 2.45) is 0 Å². The monoisotopic (exact) mass is 444 g/mol. The van der Waals surface area contributed by atoms with Crippen LogP contribution in [0, 0.1) is 11.6 Å². The first kappa shape index (κ1) is 13.6. The van der Waals surface area contributed by atoms with Crippen LogP contribution in [0.1, 0.15) is 15.3 Å². The zero-order valence-electron chi connectivity index (χ0n) is 8.18. The highest BCUT2D eigenvalue weighted by atomic mass is 79.9. The quantitative estimate of drug-likeness (QED) is 0.494. The average Bonchev–Trinajstić information content (AvgIpc) is 2.62. The van der Waals surface area contributed by atoms with Gasteiger partial charge in [-0.1, -0.05) is 22.0 Å². The minimum absolute atomic E-state index is 0.148. The maximum atomic E-state index is 13.1. The summed E-state index contributed by atoms with van der Waals surface area (Å²) in [6, 6.07) is 5.85. The summed E-state index contributed by atoms with van der Waals surface area (Å²) in [6.45, 7) is 0. The van der Waals surface area contributed by atoms with Gasteiger partial charge in [-0.25, -0.2) is 8.78 Å². The van der Waals surface area contributed by atoms with E-state index >= 15 is 0 Å². The molecular weight excluding hydrogens is 442 g/mol. The molecule has 0 nitrogen and oxygen atoms in total. The Morgan fingerprint density at radius 1 is 1.06 bits per heavy atom. The van der Waals surface area contributed by atoms with Crippen molar-refractivity contribution >= 4 is 59.1 Å². The van der Waals surface area contributed by atoms with Gasteiger partial charge in [0, 0.05) is 9.35 Å². The Labute approximate surface area is 126 Å². The number of hydrogen-bond donors (Lipinski definition) is 0. The number of rotatable bonds is 2. The van der Waals surface area contributed by atoms with E-state index in [-0.39, 0.29) is 4.83 Å². The molecule has 0 spiro atoms. The molecular formula is C11H5Br3F2S. The van der Waals surface area contributed by atoms with Crippen molar-refractivity contribution in [2.75, 3.05) is 0 Å². The molecule has 0 amide bonds. The SMILES string of the molecule is Fc1ccc(C(Br)c2cc(Br)c(Br)s2)cc1F. The first-order valence-electron chi connectivity index (χ1n) is 4.53. The molecule has 1 aromatic carbocycles. The van der Waals surface area contributed by atoms with Gasteiger partial charge in [0.2, 0.25) is 0 Å². The topological polar surface area (TPSA) is 0 Å². The second-order valence-electron chi connectivity index (χ2n) is 3.31. The highest BCUT2D eigenvalue weighted by Crippen LogP contribution is 2.41. The van der Waals surface area contributed by atoms with E-state index in [0.717, 1.165) is 19.2 Å². The molecule has 2 rings (SSSR count). The van der Waals surface area contributed by atoms with Crippen molar-refractivity contribution in [3.05, 3.63) is 54.6 Å². The molecule has 0 saturated carbocycles. The predicted octanol–water partition coefficient (Wildman–Crippen LogP) is 6.04. The van der Waals surface area contributed by atoms with Crippen LogP contribution in [-0.2, 0) is 0 Å². The van der Waals surface area contributed by atoms with Crippen LogP contribution in [0.3, 0.4) is 0 Å². The Morgan fingerprint density at radius 2 is 1.76 bits per heavy atom. The Hall–Kier alpha value is 0.220. The van der Waals surface area contributed by atoms with Crippen molar-refractivity contribution in [3.8, 4) is 0 Å². The third-order valence-electron chi connectivity index (χ3n) is 2.15. The number of thiophene rings is 1. The van der Waals surface area contributed by atoms with E-state index in [2.05, 4.69) is 47.8 Å². The average molecular weight is 447 g/mol. The molecule has 2 aromatic rings. The van der Waals surface area contributed by atoms with Gasteiger partial charge in [0.25, 0.3) is 0 Å². The third-order valence-corrected chi connectivity index (χ3v) is 6.80. The minimum atomic E-state index is -0.832. The molecule has 1 atom stereocenters. The fourth-order valence-electron chi connectivity index (χ4n) is 1.32. The van der Waals surface area contributed by atoms with Crippen LogP contribution in [-0.4, -0.2) is 0 Å². The Morgan fingerprint density at radius 3 is 2.29 bits per heavy atom. The summed E-state index contributed by atoms with van der Waals surface area (Å²) in [7, 11) is 0. The van der Waals surface area contributed by atoms with Gasteiger partial charge < -0.3 is 0 Å². The highest BCUT2D eigenvalue weighted by molar-refractivity contribution is 9.13. The molecule has 0 bridgehead atoms. The molecule has 0 fully saturated rings. The number of alkyl halides is 1. The van der Waals surface area contributed by atoms with Crippen LogP contribution in [0.2, 0.25) is 0 Å². The first-order valence-corrected chi connectivity index (χ1v) is 7.84. The molecule has 0 radical (unpaired) electrons. The molecule has 0 aliphatic carbocycles. The Balaban J connectivity index is 2.36. The lowest BCUT2D eigenvalue weighted by Crippen LogP contribution is -1.92. The zero-order chi connectivity index (χ0) is 12.6. The van der Waals surface area contributed by atoms with Crippen LogP contribution in [0.15, 0.2) is 32.5 Å². The summed E-state index contributed by atoms with van der Waals surface area (Å²) in [5.41, 5.74) is 0.685. The molecule has 0 N–H and O–H groups in total. The van der Waals surface area contributed by atoms with Gasteiger partial charge in [-0.15, -0.1) is 11.3 Å². The molecule has 0 aliphatic heterocycles. The van der Waals surface area contributed by atoms with Crippen molar-refractivity contribution < 1.29 is 8.78 Å². The van der Waals surface area contributed by atoms with E-state index in [1.54, 1.807) is 6.07 Å². The van der Waals surface area contributed by atoms with Crippen LogP contribution >= 0.6 is 59.1 Å². The maximum Gasteiger partial charge on any atom is 0.159 e. The fraction of sp³-hybridized carbons (Fsp3) is 0.0909. The minimum Gasteiger partial charge on any atom is -0.204 e. The highest BCUT2D eigenvalue weighted by Gasteiger charge is 2.16. The fourth-order valence-corrected chi connectivity index (χ4v) is 4.12. The van der Waals surface area contributed by atoms with Crippen LogP contribution in [0.4, 0.5) is 8.78 Å². The van der Waals surface area contributed by atoms with Gasteiger partial charge in [-0.3, -0.25) is 0 Å². The predicted molar refractivity (Wildman–Crippen MR) is 76.8 cm³/mol. The lowest BCUT2D eigenvalue weighted by atomic mass is 10.1. The molecule has 0 aliphatic rings. The normalized spacial score (nSPS) is 12.8. The van der Waals surface area contributed by atoms with Crippen molar-refractivity contribution in [1.82, 2.24) is 0 Å². The lowest BCUT2D eigenvalue weighted by molar-refractivity contribution is 0.507. The van der Waals surface area contributed by atoms with E-state index in [1.807, 2.05) is 6.07 Å². The van der Waals surface area contributed by atoms with E-state index < -0.39 is 11.6 Å². The summed E-state index contributed by atoms with van der Waals surface area (Å²) < 4.78 is 27.9. The number of hydrogen-bond acceptors (Lipinski definition) is 1. The van der Waals surface area contributed by atoms with Gasteiger partial charge in [-0.05, 0) is 55.6 Å². The van der Waals surface area contributed by atoms with E-state index in [1.165, 1.54) is 17.4 Å². The van der Waals surface area contributed by atoms with Gasteiger partial charge in [0.05, 0.1) is 8.61 Å². The Bertz CT molecular complexity index is 534. The second kappa shape index (κ2) is 5.47. The summed E-state index contributed by atoms with van der Waals surface area (Å²) in [6.07, 6.45) is 0. The molecule has 1 heterocycles. The van der Waals surface area contributed by atoms with E-state index in [0.29, 0.717) is 5.56 Å². The molecule has 17 heavy (non-hydrogen) atoms. The summed E-state index contributed by atoms with van der Waals surface area (Å²) >= 11 is 11.8. The van der Waals surface area contributed by atoms with E-state index in [9.17, 15) is 8.78 Å². The second-order valence-corrected chi connectivity index (χ2v) is 7.48. The van der Waals surface area contributed by atoms with Crippen LogP contribution in [0.25, 0.3) is 0 Å². The smallest absolute Gasteiger partial charge is 0.159 e. The summed E-state index contributed by atoms with van der Waals surface area (Å²) in [5, 5.41) is 0. The van der Waals surface area contributed by atoms with Gasteiger partial charge >= 0.3 is 0 Å². The van der Waals surface area contributed by atoms with Gasteiger partial charge in [0.1, 0.15) is 0 Å². The largest absolute Gasteiger partial charge is 0.204 e. The summed E-state index contributed by atoms with van der Waals surface area (Å²) in [5.74, 6) is -1.66. The van der Waals surface area contributed by atoms with Crippen molar-refractivity contribution in [1.29, 1.82) is 0 Å². The lowest BCUT2D eigenvalue weighted by Gasteiger charge is -2.08. The standard InChI is InChI=1S/C11H5Br3F2S/c12-6-4-9(17-11(6)14)10(13)5-1-2-7(15)8(16)3-5/h1-4,10H. The maximum absolute atomic E-state index is 13.1. The van der Waals surface area contributed by atoms with Gasteiger partial charge in [0.15, 0.2) is 11.6 Å². The third kappa shape index (κ3) is 2.97. The van der Waals surface area contributed by atoms with Crippen LogP contribution < -0.4 is 0 Å². The summed E-state index contributed by atoms with van der Waals surface area (Å²) in [4.78, 5) is 0.861. The van der Waals surface area contributed by atoms with Crippen molar-refractivity contribution in [3.63, 3.8) is 0 Å². The Kier molecular flexibility index (Phi) is 4.39. The molecule has 90 valence electrons. The first-order chi connectivity index (χ1) is 7.99. The number of benzene rings is 1. The molecule has 1 unspecified atom stereocenters. The molecule has 6 heteroatoms. The van der Waals surface area contributed by atoms with E-state index in [4.69, 9.17) is 0 Å². The molecule has 0 saturated heterocycles. The van der Waals surface area contributed by atoms with Crippen LogP contribution in [0.5, 0.6) is 0 Å². The van der Waals surface area contributed by atoms with Crippen molar-refractivity contribution in [2.45, 2.75) is 4.83 Å². The number of halogens is 5.